The molecular weight excluding hydrogens is 507 g/mol. The molecule has 3 aromatic rings. The minimum Gasteiger partial charge on any atom is -0.484 e. The first kappa shape index (κ1) is 24.9. The second kappa shape index (κ2) is 11.0. The predicted octanol–water partition coefficient (Wildman–Crippen LogP) is 6.56. The van der Waals surface area contributed by atoms with Crippen LogP contribution in [0.25, 0.3) is 6.08 Å². The molecule has 1 saturated heterocycles. The lowest BCUT2D eigenvalue weighted by atomic mass is 10.2. The van der Waals surface area contributed by atoms with Crippen LogP contribution in [0.4, 0.5) is 10.5 Å². The number of nitrogens with zero attached hydrogens (tertiary/aromatic N) is 1. The third-order valence-electron chi connectivity index (χ3n) is 5.10. The number of carbonyl (C=O) groups is 3. The summed E-state index contributed by atoms with van der Waals surface area (Å²) in [6.07, 6.45) is 1.63. The Morgan fingerprint density at radius 3 is 2.40 bits per heavy atom. The zero-order chi connectivity index (χ0) is 24.9. The number of aryl methyl sites for hydroxylation is 1. The molecule has 0 spiro atoms. The lowest BCUT2D eigenvalue weighted by Gasteiger charge is -2.14. The van der Waals surface area contributed by atoms with Gasteiger partial charge in [0.15, 0.2) is 6.61 Å². The number of benzene rings is 3. The van der Waals surface area contributed by atoms with Crippen LogP contribution in [0.2, 0.25) is 10.0 Å². The maximum absolute atomic E-state index is 12.8. The molecule has 6 nitrogen and oxygen atoms in total. The van der Waals surface area contributed by atoms with Crippen molar-refractivity contribution in [1.82, 2.24) is 4.90 Å². The number of amides is 3. The van der Waals surface area contributed by atoms with Crippen molar-refractivity contribution < 1.29 is 19.1 Å². The molecule has 1 fully saturated rings. The van der Waals surface area contributed by atoms with E-state index in [1.54, 1.807) is 48.5 Å². The minimum absolute atomic E-state index is 0.00208. The van der Waals surface area contributed by atoms with Gasteiger partial charge >= 0.3 is 0 Å². The number of anilines is 1. The zero-order valence-electron chi connectivity index (χ0n) is 18.6. The summed E-state index contributed by atoms with van der Waals surface area (Å²) >= 11 is 13.2. The fourth-order valence-corrected chi connectivity index (χ4v) is 4.71. The highest BCUT2D eigenvalue weighted by atomic mass is 35.5. The number of hydrogen-bond donors (Lipinski definition) is 1. The molecule has 1 heterocycles. The second-order valence-corrected chi connectivity index (χ2v) is 9.55. The topological polar surface area (TPSA) is 75.7 Å². The fourth-order valence-electron chi connectivity index (χ4n) is 3.36. The van der Waals surface area contributed by atoms with Gasteiger partial charge in [0.2, 0.25) is 0 Å². The van der Waals surface area contributed by atoms with Gasteiger partial charge in [0.1, 0.15) is 5.75 Å². The van der Waals surface area contributed by atoms with E-state index in [0.29, 0.717) is 37.5 Å². The predicted molar refractivity (Wildman–Crippen MR) is 140 cm³/mol. The summed E-state index contributed by atoms with van der Waals surface area (Å²) in [6.45, 7) is 1.80. The number of rotatable bonds is 7. The van der Waals surface area contributed by atoms with E-state index < -0.39 is 11.1 Å². The first-order valence-electron chi connectivity index (χ1n) is 10.6. The van der Waals surface area contributed by atoms with Crippen molar-refractivity contribution in [3.8, 4) is 5.75 Å². The highest BCUT2D eigenvalue weighted by Gasteiger charge is 2.35. The molecule has 178 valence electrons. The van der Waals surface area contributed by atoms with E-state index in [1.165, 1.54) is 0 Å². The van der Waals surface area contributed by atoms with Gasteiger partial charge < -0.3 is 10.1 Å². The standard InChI is InChI=1S/C26H20Cl2N2O4S/c1-16-4-2-5-18(12-16)29-24(31)15-34-19-10-8-17(9-11-19)13-23-25(32)30(26(33)35-23)14-20-21(27)6-3-7-22(20)28/h2-13H,14-15H2,1H3,(H,29,31)/b23-13+. The van der Waals surface area contributed by atoms with Crippen LogP contribution in [-0.4, -0.2) is 28.6 Å². The van der Waals surface area contributed by atoms with E-state index in [-0.39, 0.29) is 19.1 Å². The molecule has 1 N–H and O–H groups in total. The van der Waals surface area contributed by atoms with Crippen molar-refractivity contribution in [3.05, 3.63) is 98.4 Å². The van der Waals surface area contributed by atoms with Crippen LogP contribution in [0.15, 0.2) is 71.6 Å². The lowest BCUT2D eigenvalue weighted by molar-refractivity contribution is -0.123. The number of ether oxygens (including phenoxy) is 1. The number of thioether (sulfide) groups is 1. The highest BCUT2D eigenvalue weighted by Crippen LogP contribution is 2.35. The summed E-state index contributed by atoms with van der Waals surface area (Å²) in [4.78, 5) is 38.8. The minimum atomic E-state index is -0.413. The molecule has 3 amide bonds. The van der Waals surface area contributed by atoms with Gasteiger partial charge in [0, 0.05) is 21.3 Å². The third kappa shape index (κ3) is 6.25. The largest absolute Gasteiger partial charge is 0.484 e. The van der Waals surface area contributed by atoms with Gasteiger partial charge in [-0.25, -0.2) is 0 Å². The molecular formula is C26H20Cl2N2O4S. The third-order valence-corrected chi connectivity index (χ3v) is 6.72. The van der Waals surface area contributed by atoms with Crippen molar-refractivity contribution in [2.75, 3.05) is 11.9 Å². The van der Waals surface area contributed by atoms with Crippen molar-refractivity contribution >= 4 is 63.8 Å². The van der Waals surface area contributed by atoms with Crippen LogP contribution < -0.4 is 10.1 Å². The summed E-state index contributed by atoms with van der Waals surface area (Å²) in [7, 11) is 0. The monoisotopic (exact) mass is 526 g/mol. The normalized spacial score (nSPS) is 14.5. The molecule has 1 aliphatic heterocycles. The van der Waals surface area contributed by atoms with Crippen LogP contribution in [0.5, 0.6) is 5.75 Å². The number of imide groups is 1. The van der Waals surface area contributed by atoms with E-state index in [1.807, 2.05) is 31.2 Å². The molecule has 0 unspecified atom stereocenters. The van der Waals surface area contributed by atoms with Crippen molar-refractivity contribution in [2.45, 2.75) is 13.5 Å². The Balaban J connectivity index is 1.36. The van der Waals surface area contributed by atoms with E-state index in [0.717, 1.165) is 22.2 Å². The average molecular weight is 527 g/mol. The molecule has 35 heavy (non-hydrogen) atoms. The lowest BCUT2D eigenvalue weighted by Crippen LogP contribution is -2.27. The maximum atomic E-state index is 12.8. The van der Waals surface area contributed by atoms with E-state index in [9.17, 15) is 14.4 Å². The molecule has 9 heteroatoms. The number of hydrogen-bond acceptors (Lipinski definition) is 5. The Bertz CT molecular complexity index is 1300. The van der Waals surface area contributed by atoms with Gasteiger partial charge in [-0.2, -0.15) is 0 Å². The van der Waals surface area contributed by atoms with Crippen molar-refractivity contribution in [3.63, 3.8) is 0 Å². The molecule has 4 rings (SSSR count). The SMILES string of the molecule is Cc1cccc(NC(=O)COc2ccc(/C=C3/SC(=O)N(Cc4c(Cl)cccc4Cl)C3=O)cc2)c1. The molecule has 0 radical (unpaired) electrons. The van der Waals surface area contributed by atoms with Crippen LogP contribution in [0, 0.1) is 6.92 Å². The molecule has 0 atom stereocenters. The second-order valence-electron chi connectivity index (χ2n) is 7.74. The Hall–Kier alpha value is -3.26. The molecule has 0 aromatic heterocycles. The maximum Gasteiger partial charge on any atom is 0.293 e. The van der Waals surface area contributed by atoms with E-state index in [2.05, 4.69) is 5.32 Å². The fraction of sp³-hybridized carbons (Fsp3) is 0.115. The van der Waals surface area contributed by atoms with Gasteiger partial charge in [-0.1, -0.05) is 53.5 Å². The Morgan fingerprint density at radius 2 is 1.71 bits per heavy atom. The van der Waals surface area contributed by atoms with Gasteiger partial charge in [0.05, 0.1) is 11.4 Å². The molecule has 1 aliphatic rings. The van der Waals surface area contributed by atoms with Crippen molar-refractivity contribution in [2.24, 2.45) is 0 Å². The molecule has 0 saturated carbocycles. The molecule has 0 aliphatic carbocycles. The summed E-state index contributed by atoms with van der Waals surface area (Å²) < 4.78 is 5.55. The van der Waals surface area contributed by atoms with E-state index in [4.69, 9.17) is 27.9 Å². The van der Waals surface area contributed by atoms with Gasteiger partial charge in [-0.3, -0.25) is 19.3 Å². The van der Waals surface area contributed by atoms with Crippen LogP contribution in [0.1, 0.15) is 16.7 Å². The van der Waals surface area contributed by atoms with Crippen molar-refractivity contribution in [1.29, 1.82) is 0 Å². The number of carbonyl (C=O) groups excluding carboxylic acids is 3. The number of nitrogens with one attached hydrogen (secondary N) is 1. The summed E-state index contributed by atoms with van der Waals surface area (Å²) in [6, 6.07) is 19.4. The van der Waals surface area contributed by atoms with Crippen LogP contribution in [-0.2, 0) is 16.1 Å². The zero-order valence-corrected chi connectivity index (χ0v) is 20.9. The van der Waals surface area contributed by atoms with Gasteiger partial charge in [-0.15, -0.1) is 0 Å². The van der Waals surface area contributed by atoms with Crippen LogP contribution >= 0.6 is 35.0 Å². The smallest absolute Gasteiger partial charge is 0.293 e. The Kier molecular flexibility index (Phi) is 7.80. The first-order chi connectivity index (χ1) is 16.8. The van der Waals surface area contributed by atoms with Gasteiger partial charge in [0.25, 0.3) is 17.1 Å². The Morgan fingerprint density at radius 1 is 1.03 bits per heavy atom. The van der Waals surface area contributed by atoms with Crippen LogP contribution in [0.3, 0.4) is 0 Å². The number of halogens is 2. The first-order valence-corrected chi connectivity index (χ1v) is 12.1. The average Bonchev–Trinajstić information content (AvgIpc) is 3.08. The summed E-state index contributed by atoms with van der Waals surface area (Å²) in [5.74, 6) is -0.181. The summed E-state index contributed by atoms with van der Waals surface area (Å²) in [5, 5.41) is 3.18. The molecule has 0 bridgehead atoms. The Labute approximate surface area is 216 Å². The van der Waals surface area contributed by atoms with E-state index >= 15 is 0 Å². The summed E-state index contributed by atoms with van der Waals surface area (Å²) in [5.41, 5.74) is 2.99. The quantitative estimate of drug-likeness (QED) is 0.353. The van der Waals surface area contributed by atoms with Gasteiger partial charge in [-0.05, 0) is 72.3 Å². The highest BCUT2D eigenvalue weighted by molar-refractivity contribution is 8.18. The molecule has 3 aromatic carbocycles.